The lowest BCUT2D eigenvalue weighted by atomic mass is 10.1. The molecule has 1 aliphatic heterocycles. The van der Waals surface area contributed by atoms with E-state index >= 15 is 0 Å². The fourth-order valence-corrected chi connectivity index (χ4v) is 2.67. The maximum Gasteiger partial charge on any atom is 0.407 e. The molecule has 1 rings (SSSR count). The summed E-state index contributed by atoms with van der Waals surface area (Å²) >= 11 is 0. The van der Waals surface area contributed by atoms with E-state index in [9.17, 15) is 14.4 Å². The van der Waals surface area contributed by atoms with E-state index in [4.69, 9.17) is 9.47 Å². The lowest BCUT2D eigenvalue weighted by molar-refractivity contribution is -0.151. The monoisotopic (exact) mass is 342 g/mol. The molecule has 0 spiro atoms. The van der Waals surface area contributed by atoms with Gasteiger partial charge in [-0.1, -0.05) is 6.42 Å². The number of alkyl carbamates (subject to hydrolysis) is 1. The van der Waals surface area contributed by atoms with E-state index in [1.54, 1.807) is 4.90 Å². The fourth-order valence-electron chi connectivity index (χ4n) is 2.67. The Balaban J connectivity index is 2.16. The molecule has 24 heavy (non-hydrogen) atoms. The molecule has 0 aliphatic carbocycles. The number of likely N-dealkylation sites (tertiary alicyclic amines) is 1. The smallest absolute Gasteiger partial charge is 0.407 e. The van der Waals surface area contributed by atoms with Crippen LogP contribution in [0.15, 0.2) is 0 Å². The van der Waals surface area contributed by atoms with Gasteiger partial charge >= 0.3 is 12.1 Å². The first-order valence-corrected chi connectivity index (χ1v) is 8.59. The second kappa shape index (κ2) is 9.49. The van der Waals surface area contributed by atoms with E-state index in [1.807, 2.05) is 20.8 Å². The number of hydrogen-bond donors (Lipinski definition) is 1. The number of nitrogens with zero attached hydrogens (tertiary/aromatic N) is 1. The molecule has 1 N–H and O–H groups in total. The van der Waals surface area contributed by atoms with Gasteiger partial charge in [0.1, 0.15) is 11.6 Å². The highest BCUT2D eigenvalue weighted by molar-refractivity contribution is 5.85. The van der Waals surface area contributed by atoms with Crippen LogP contribution in [0, 0.1) is 0 Å². The van der Waals surface area contributed by atoms with E-state index in [1.165, 1.54) is 7.11 Å². The lowest BCUT2D eigenvalue weighted by Crippen LogP contribution is -2.41. The predicted molar refractivity (Wildman–Crippen MR) is 89.5 cm³/mol. The van der Waals surface area contributed by atoms with Crippen molar-refractivity contribution in [2.45, 2.75) is 70.9 Å². The minimum Gasteiger partial charge on any atom is -0.467 e. The lowest BCUT2D eigenvalue weighted by Gasteiger charge is -2.22. The van der Waals surface area contributed by atoms with E-state index in [-0.39, 0.29) is 11.9 Å². The van der Waals surface area contributed by atoms with Crippen LogP contribution in [-0.4, -0.2) is 54.7 Å². The van der Waals surface area contributed by atoms with Gasteiger partial charge in [0.2, 0.25) is 5.91 Å². The molecule has 1 saturated heterocycles. The van der Waals surface area contributed by atoms with Crippen molar-refractivity contribution in [2.24, 2.45) is 0 Å². The fraction of sp³-hybridized carbons (Fsp3) is 0.824. The van der Waals surface area contributed by atoms with Crippen molar-refractivity contribution >= 4 is 18.0 Å². The number of unbranched alkanes of at least 4 members (excludes halogenated alkanes) is 2. The number of carbonyl (C=O) groups is 3. The maximum atomic E-state index is 12.2. The molecule has 7 nitrogen and oxygen atoms in total. The molecule has 1 atom stereocenters. The molecule has 0 aromatic heterocycles. The Bertz CT molecular complexity index is 445. The Hall–Kier alpha value is -1.79. The minimum atomic E-state index is -0.498. The Labute approximate surface area is 144 Å². The zero-order valence-corrected chi connectivity index (χ0v) is 15.2. The Morgan fingerprint density at radius 2 is 1.88 bits per heavy atom. The van der Waals surface area contributed by atoms with Crippen LogP contribution in [0.1, 0.15) is 59.3 Å². The molecular formula is C17H30N2O5. The van der Waals surface area contributed by atoms with Crippen LogP contribution < -0.4 is 5.32 Å². The summed E-state index contributed by atoms with van der Waals surface area (Å²) in [5, 5.41) is 2.69. The molecule has 0 bridgehead atoms. The molecule has 0 aromatic carbocycles. The highest BCUT2D eigenvalue weighted by atomic mass is 16.6. The average molecular weight is 342 g/mol. The molecule has 1 fully saturated rings. The van der Waals surface area contributed by atoms with Gasteiger partial charge in [0.25, 0.3) is 0 Å². The molecule has 7 heteroatoms. The number of hydrogen-bond acceptors (Lipinski definition) is 5. The van der Waals surface area contributed by atoms with Gasteiger partial charge in [-0.05, 0) is 46.5 Å². The maximum absolute atomic E-state index is 12.2. The Morgan fingerprint density at radius 1 is 1.17 bits per heavy atom. The van der Waals surface area contributed by atoms with E-state index in [0.29, 0.717) is 25.9 Å². The topological polar surface area (TPSA) is 84.9 Å². The SMILES string of the molecule is COC(=O)C1CCCN1C(=O)CCCCCNC(=O)OC(C)(C)C. The van der Waals surface area contributed by atoms with Crippen LogP contribution in [0.2, 0.25) is 0 Å². The molecule has 2 amide bonds. The normalized spacial score (nSPS) is 17.5. The van der Waals surface area contributed by atoms with Crippen molar-refractivity contribution in [3.8, 4) is 0 Å². The molecule has 1 unspecified atom stereocenters. The predicted octanol–water partition coefficient (Wildman–Crippen LogP) is 2.24. The van der Waals surface area contributed by atoms with Gasteiger partial charge in [0, 0.05) is 19.5 Å². The number of amides is 2. The summed E-state index contributed by atoms with van der Waals surface area (Å²) in [6, 6.07) is -0.420. The third kappa shape index (κ3) is 7.19. The number of methoxy groups -OCH3 is 1. The molecule has 0 saturated carbocycles. The quantitative estimate of drug-likeness (QED) is 0.566. The second-order valence-electron chi connectivity index (χ2n) is 7.01. The first-order valence-electron chi connectivity index (χ1n) is 8.59. The van der Waals surface area contributed by atoms with Gasteiger partial charge in [-0.3, -0.25) is 4.79 Å². The number of rotatable bonds is 7. The molecule has 1 aliphatic rings. The first-order chi connectivity index (χ1) is 11.2. The van der Waals surface area contributed by atoms with Gasteiger partial charge in [-0.25, -0.2) is 9.59 Å². The minimum absolute atomic E-state index is 0.00278. The Morgan fingerprint density at radius 3 is 2.50 bits per heavy atom. The van der Waals surface area contributed by atoms with Crippen molar-refractivity contribution in [3.63, 3.8) is 0 Å². The summed E-state index contributed by atoms with van der Waals surface area (Å²) in [7, 11) is 1.35. The van der Waals surface area contributed by atoms with E-state index in [0.717, 1.165) is 25.7 Å². The highest BCUT2D eigenvalue weighted by Gasteiger charge is 2.34. The summed E-state index contributed by atoms with van der Waals surface area (Å²) < 4.78 is 9.88. The summed E-state index contributed by atoms with van der Waals surface area (Å²) in [4.78, 5) is 36.9. The number of esters is 1. The van der Waals surface area contributed by atoms with Crippen LogP contribution in [0.3, 0.4) is 0 Å². The van der Waals surface area contributed by atoms with Gasteiger partial charge in [-0.2, -0.15) is 0 Å². The van der Waals surface area contributed by atoms with Crippen molar-refractivity contribution in [2.75, 3.05) is 20.2 Å². The van der Waals surface area contributed by atoms with Crippen molar-refractivity contribution in [3.05, 3.63) is 0 Å². The van der Waals surface area contributed by atoms with Gasteiger partial charge < -0.3 is 19.7 Å². The zero-order chi connectivity index (χ0) is 18.2. The third-order valence-electron chi connectivity index (χ3n) is 3.78. The summed E-state index contributed by atoms with van der Waals surface area (Å²) in [6.07, 6.45) is 3.87. The number of ether oxygens (including phenoxy) is 2. The van der Waals surface area contributed by atoms with E-state index < -0.39 is 17.7 Å². The standard InChI is InChI=1S/C17H30N2O5/c1-17(2,3)24-16(22)18-11-7-5-6-10-14(20)19-12-8-9-13(19)15(21)23-4/h13H,5-12H2,1-4H3,(H,18,22). The van der Waals surface area contributed by atoms with E-state index in [2.05, 4.69) is 5.32 Å². The summed E-state index contributed by atoms with van der Waals surface area (Å²) in [6.45, 7) is 6.60. The van der Waals surface area contributed by atoms with Crippen LogP contribution >= 0.6 is 0 Å². The number of nitrogens with one attached hydrogen (secondary N) is 1. The zero-order valence-electron chi connectivity index (χ0n) is 15.2. The van der Waals surface area contributed by atoms with Crippen molar-refractivity contribution in [1.82, 2.24) is 10.2 Å². The molecule has 1 heterocycles. The van der Waals surface area contributed by atoms with Crippen molar-refractivity contribution in [1.29, 1.82) is 0 Å². The third-order valence-corrected chi connectivity index (χ3v) is 3.78. The van der Waals surface area contributed by atoms with Gasteiger partial charge in [0.15, 0.2) is 0 Å². The molecule has 0 aromatic rings. The highest BCUT2D eigenvalue weighted by Crippen LogP contribution is 2.20. The largest absolute Gasteiger partial charge is 0.467 e. The Kier molecular flexibility index (Phi) is 8.01. The van der Waals surface area contributed by atoms with Crippen LogP contribution in [0.4, 0.5) is 4.79 Å². The van der Waals surface area contributed by atoms with Gasteiger partial charge in [-0.15, -0.1) is 0 Å². The van der Waals surface area contributed by atoms with Crippen LogP contribution in [0.25, 0.3) is 0 Å². The number of carbonyl (C=O) groups excluding carboxylic acids is 3. The van der Waals surface area contributed by atoms with Crippen LogP contribution in [0.5, 0.6) is 0 Å². The molecule has 0 radical (unpaired) electrons. The van der Waals surface area contributed by atoms with Gasteiger partial charge in [0.05, 0.1) is 7.11 Å². The van der Waals surface area contributed by atoms with Crippen molar-refractivity contribution < 1.29 is 23.9 Å². The second-order valence-corrected chi connectivity index (χ2v) is 7.01. The summed E-state index contributed by atoms with van der Waals surface area (Å²) in [5.74, 6) is -0.328. The first kappa shape index (κ1) is 20.3. The molecule has 138 valence electrons. The summed E-state index contributed by atoms with van der Waals surface area (Å²) in [5.41, 5.74) is -0.498. The average Bonchev–Trinajstić information content (AvgIpc) is 2.97. The molecular weight excluding hydrogens is 312 g/mol. The van der Waals surface area contributed by atoms with Crippen LogP contribution in [-0.2, 0) is 19.1 Å².